The highest BCUT2D eigenvalue weighted by molar-refractivity contribution is 7.99. The lowest BCUT2D eigenvalue weighted by molar-refractivity contribution is 0.242. The molecule has 1 saturated heterocycles. The lowest BCUT2D eigenvalue weighted by atomic mass is 10.1. The molecule has 1 fully saturated rings. The second-order valence-corrected chi connectivity index (χ2v) is 7.31. The molecule has 0 spiro atoms. The highest BCUT2D eigenvalue weighted by Gasteiger charge is 2.15. The molecule has 1 aliphatic rings. The number of aryl methyl sites for hydroxylation is 1. The maximum atomic E-state index is 12.4. The van der Waals surface area contributed by atoms with E-state index in [0.29, 0.717) is 11.2 Å². The van der Waals surface area contributed by atoms with Crippen molar-refractivity contribution in [3.05, 3.63) is 34.6 Å². The van der Waals surface area contributed by atoms with Gasteiger partial charge in [0.1, 0.15) is 0 Å². The van der Waals surface area contributed by atoms with E-state index in [-0.39, 0.29) is 5.56 Å². The Morgan fingerprint density at radius 3 is 2.75 bits per heavy atom. The number of benzene rings is 1. The lowest BCUT2D eigenvalue weighted by Gasteiger charge is -2.25. The van der Waals surface area contributed by atoms with Gasteiger partial charge in [-0.3, -0.25) is 13.8 Å². The zero-order chi connectivity index (χ0) is 16.5. The molecular formula is C17H21N5OS. The number of piperidine rings is 1. The van der Waals surface area contributed by atoms with Crippen LogP contribution in [-0.4, -0.2) is 49.5 Å². The Labute approximate surface area is 144 Å². The van der Waals surface area contributed by atoms with Crippen molar-refractivity contribution in [2.24, 2.45) is 7.05 Å². The van der Waals surface area contributed by atoms with Gasteiger partial charge in [-0.15, -0.1) is 10.2 Å². The van der Waals surface area contributed by atoms with E-state index in [0.717, 1.165) is 23.0 Å². The largest absolute Gasteiger partial charge is 0.303 e. The van der Waals surface area contributed by atoms with E-state index in [1.54, 1.807) is 23.4 Å². The molecule has 0 saturated carbocycles. The molecule has 2 aromatic heterocycles. The third kappa shape index (κ3) is 2.71. The van der Waals surface area contributed by atoms with Gasteiger partial charge in [0, 0.05) is 19.3 Å². The molecule has 0 aliphatic carbocycles. The summed E-state index contributed by atoms with van der Waals surface area (Å²) >= 11 is 1.71. The number of thioether (sulfide) groups is 1. The summed E-state index contributed by atoms with van der Waals surface area (Å²) in [5, 5.41) is 10.1. The normalized spacial score (nSPS) is 16.2. The minimum absolute atomic E-state index is 0.0321. The molecule has 24 heavy (non-hydrogen) atoms. The summed E-state index contributed by atoms with van der Waals surface area (Å²) < 4.78 is 3.57. The third-order valence-electron chi connectivity index (χ3n) is 4.68. The molecule has 0 atom stereocenters. The Kier molecular flexibility index (Phi) is 4.28. The van der Waals surface area contributed by atoms with E-state index >= 15 is 0 Å². The monoisotopic (exact) mass is 343 g/mol. The van der Waals surface area contributed by atoms with Crippen LogP contribution in [0.5, 0.6) is 0 Å². The summed E-state index contributed by atoms with van der Waals surface area (Å²) in [6.45, 7) is 3.49. The topological polar surface area (TPSA) is 55.4 Å². The van der Waals surface area contributed by atoms with Crippen LogP contribution < -0.4 is 5.56 Å². The highest BCUT2D eigenvalue weighted by atomic mass is 32.2. The Morgan fingerprint density at radius 2 is 1.92 bits per heavy atom. The SMILES string of the molecule is Cn1c(=O)c2ccccc2n2c(SCCN3CCCCC3)nnc12. The molecule has 4 rings (SSSR count). The van der Waals surface area contributed by atoms with Crippen LogP contribution in [0.25, 0.3) is 16.7 Å². The van der Waals surface area contributed by atoms with Crippen LogP contribution in [0.2, 0.25) is 0 Å². The quantitative estimate of drug-likeness (QED) is 0.680. The Morgan fingerprint density at radius 1 is 1.12 bits per heavy atom. The maximum Gasteiger partial charge on any atom is 0.262 e. The summed E-state index contributed by atoms with van der Waals surface area (Å²) in [6.07, 6.45) is 3.98. The second-order valence-electron chi connectivity index (χ2n) is 6.25. The van der Waals surface area contributed by atoms with E-state index < -0.39 is 0 Å². The third-order valence-corrected chi connectivity index (χ3v) is 5.59. The van der Waals surface area contributed by atoms with E-state index in [1.165, 1.54) is 32.4 Å². The van der Waals surface area contributed by atoms with Crippen LogP contribution >= 0.6 is 11.8 Å². The molecule has 3 heterocycles. The molecule has 6 nitrogen and oxygen atoms in total. The molecule has 0 amide bonds. The van der Waals surface area contributed by atoms with Gasteiger partial charge in [-0.05, 0) is 38.1 Å². The fourth-order valence-electron chi connectivity index (χ4n) is 3.35. The first-order valence-electron chi connectivity index (χ1n) is 8.44. The van der Waals surface area contributed by atoms with Gasteiger partial charge in [-0.2, -0.15) is 0 Å². The molecule has 0 radical (unpaired) electrons. The number of hydrogen-bond donors (Lipinski definition) is 0. The van der Waals surface area contributed by atoms with Gasteiger partial charge in [0.05, 0.1) is 10.9 Å². The maximum absolute atomic E-state index is 12.4. The van der Waals surface area contributed by atoms with Crippen LogP contribution in [0.15, 0.2) is 34.2 Å². The fraction of sp³-hybridized carbons (Fsp3) is 0.471. The van der Waals surface area contributed by atoms with Crippen molar-refractivity contribution >= 4 is 28.4 Å². The lowest BCUT2D eigenvalue weighted by Crippen LogP contribution is -2.31. The van der Waals surface area contributed by atoms with Crippen molar-refractivity contribution in [2.45, 2.75) is 24.4 Å². The standard InChI is InChI=1S/C17H21N5OS/c1-20-15(23)13-7-3-4-8-14(13)22-16(20)18-19-17(22)24-12-11-21-9-5-2-6-10-21/h3-4,7-8H,2,5-6,9-12H2,1H3. The first-order chi connectivity index (χ1) is 11.8. The number of likely N-dealkylation sites (tertiary alicyclic amines) is 1. The van der Waals surface area contributed by atoms with Gasteiger partial charge in [0.25, 0.3) is 5.56 Å². The Bertz CT molecular complexity index is 926. The Hall–Kier alpha value is -1.86. The van der Waals surface area contributed by atoms with Gasteiger partial charge in [0.2, 0.25) is 5.78 Å². The molecule has 0 bridgehead atoms. The zero-order valence-electron chi connectivity index (χ0n) is 13.8. The number of hydrogen-bond acceptors (Lipinski definition) is 5. The first-order valence-corrected chi connectivity index (χ1v) is 9.42. The molecule has 126 valence electrons. The Balaban J connectivity index is 1.65. The molecule has 1 aromatic carbocycles. The first kappa shape index (κ1) is 15.7. The highest BCUT2D eigenvalue weighted by Crippen LogP contribution is 2.21. The van der Waals surface area contributed by atoms with Crippen LogP contribution in [0.3, 0.4) is 0 Å². The zero-order valence-corrected chi connectivity index (χ0v) is 14.6. The van der Waals surface area contributed by atoms with Crippen LogP contribution in [0.1, 0.15) is 19.3 Å². The van der Waals surface area contributed by atoms with Crippen LogP contribution in [0.4, 0.5) is 0 Å². The van der Waals surface area contributed by atoms with Crippen molar-refractivity contribution in [1.82, 2.24) is 24.1 Å². The van der Waals surface area contributed by atoms with Gasteiger partial charge in [-0.25, -0.2) is 0 Å². The molecule has 0 N–H and O–H groups in total. The number of rotatable bonds is 4. The summed E-state index contributed by atoms with van der Waals surface area (Å²) in [4.78, 5) is 15.0. The van der Waals surface area contributed by atoms with Gasteiger partial charge < -0.3 is 4.90 Å². The minimum atomic E-state index is -0.0321. The summed E-state index contributed by atoms with van der Waals surface area (Å²) in [6, 6.07) is 7.66. The van der Waals surface area contributed by atoms with E-state index in [9.17, 15) is 4.79 Å². The van der Waals surface area contributed by atoms with Crippen molar-refractivity contribution in [3.63, 3.8) is 0 Å². The van der Waals surface area contributed by atoms with Gasteiger partial charge >= 0.3 is 0 Å². The van der Waals surface area contributed by atoms with Crippen molar-refractivity contribution < 1.29 is 0 Å². The minimum Gasteiger partial charge on any atom is -0.303 e. The van der Waals surface area contributed by atoms with Crippen molar-refractivity contribution in [1.29, 1.82) is 0 Å². The fourth-order valence-corrected chi connectivity index (χ4v) is 4.29. The smallest absolute Gasteiger partial charge is 0.262 e. The predicted molar refractivity (Wildman–Crippen MR) is 96.7 cm³/mol. The summed E-state index contributed by atoms with van der Waals surface area (Å²) in [5.74, 6) is 1.58. The average molecular weight is 343 g/mol. The summed E-state index contributed by atoms with van der Waals surface area (Å²) in [5.41, 5.74) is 0.844. The molecule has 3 aromatic rings. The molecule has 0 unspecified atom stereocenters. The molecule has 1 aliphatic heterocycles. The predicted octanol–water partition coefficient (Wildman–Crippen LogP) is 2.16. The van der Waals surface area contributed by atoms with Crippen LogP contribution in [-0.2, 0) is 7.05 Å². The van der Waals surface area contributed by atoms with E-state index in [1.807, 2.05) is 28.7 Å². The number of fused-ring (bicyclic) bond motifs is 3. The number of para-hydroxylation sites is 1. The molecule has 7 heteroatoms. The van der Waals surface area contributed by atoms with Gasteiger partial charge in [-0.1, -0.05) is 30.3 Å². The molecular weight excluding hydrogens is 322 g/mol. The van der Waals surface area contributed by atoms with E-state index in [2.05, 4.69) is 15.1 Å². The second kappa shape index (κ2) is 6.57. The van der Waals surface area contributed by atoms with Crippen molar-refractivity contribution in [2.75, 3.05) is 25.4 Å². The van der Waals surface area contributed by atoms with Crippen molar-refractivity contribution in [3.8, 4) is 0 Å². The number of nitrogens with zero attached hydrogens (tertiary/aromatic N) is 5. The van der Waals surface area contributed by atoms with E-state index in [4.69, 9.17) is 0 Å². The summed E-state index contributed by atoms with van der Waals surface area (Å²) in [7, 11) is 1.75. The number of aromatic nitrogens is 4. The van der Waals surface area contributed by atoms with Gasteiger partial charge in [0.15, 0.2) is 5.16 Å². The average Bonchev–Trinajstić information content (AvgIpc) is 3.05. The van der Waals surface area contributed by atoms with Crippen LogP contribution in [0, 0.1) is 0 Å².